The summed E-state index contributed by atoms with van der Waals surface area (Å²) in [5.41, 5.74) is 0.721. The van der Waals surface area contributed by atoms with Crippen LogP contribution in [0.15, 0.2) is 18.5 Å². The largest absolute Gasteiger partial charge is 0.433 e. The Kier molecular flexibility index (Phi) is 3.41. The topological polar surface area (TPSA) is 55.6 Å². The van der Waals surface area contributed by atoms with E-state index >= 15 is 0 Å². The molecule has 2 aromatic rings. The van der Waals surface area contributed by atoms with Crippen LogP contribution in [0, 0.1) is 6.92 Å². The van der Waals surface area contributed by atoms with Crippen LogP contribution < -0.4 is 5.32 Å². The van der Waals surface area contributed by atoms with Crippen LogP contribution in [0.1, 0.15) is 17.0 Å². The molecule has 0 bridgehead atoms. The van der Waals surface area contributed by atoms with Gasteiger partial charge in [0.1, 0.15) is 5.69 Å². The average Bonchev–Trinajstić information content (AvgIpc) is 2.64. The van der Waals surface area contributed by atoms with E-state index in [4.69, 9.17) is 0 Å². The second-order valence-corrected chi connectivity index (χ2v) is 4.03. The SMILES string of the molecule is Cc1nn(C)cc1CNc1nccc(C(F)(F)F)n1. The average molecular weight is 271 g/mol. The van der Waals surface area contributed by atoms with Gasteiger partial charge in [-0.2, -0.15) is 18.3 Å². The number of nitrogens with zero attached hydrogens (tertiary/aromatic N) is 4. The van der Waals surface area contributed by atoms with E-state index in [1.807, 2.05) is 6.92 Å². The maximum absolute atomic E-state index is 12.5. The van der Waals surface area contributed by atoms with Crippen LogP contribution in [-0.4, -0.2) is 19.7 Å². The van der Waals surface area contributed by atoms with Gasteiger partial charge >= 0.3 is 6.18 Å². The highest BCUT2D eigenvalue weighted by atomic mass is 19.4. The van der Waals surface area contributed by atoms with Crippen molar-refractivity contribution in [3.05, 3.63) is 35.4 Å². The van der Waals surface area contributed by atoms with Gasteiger partial charge in [0.05, 0.1) is 5.69 Å². The Morgan fingerprint density at radius 3 is 2.68 bits per heavy atom. The second kappa shape index (κ2) is 4.87. The van der Waals surface area contributed by atoms with Crippen molar-refractivity contribution < 1.29 is 13.2 Å². The normalized spacial score (nSPS) is 11.6. The Morgan fingerprint density at radius 2 is 2.11 bits per heavy atom. The molecule has 0 radical (unpaired) electrons. The number of rotatable bonds is 3. The van der Waals surface area contributed by atoms with Crippen molar-refractivity contribution in [3.63, 3.8) is 0 Å². The number of nitrogens with one attached hydrogen (secondary N) is 1. The molecule has 0 aromatic carbocycles. The van der Waals surface area contributed by atoms with Crippen molar-refractivity contribution >= 4 is 5.95 Å². The Morgan fingerprint density at radius 1 is 1.37 bits per heavy atom. The molecule has 5 nitrogen and oxygen atoms in total. The standard InChI is InChI=1S/C11H12F3N5/c1-7-8(6-19(2)18-7)5-16-10-15-4-3-9(17-10)11(12,13)14/h3-4,6H,5H2,1-2H3,(H,15,16,17). The Labute approximate surface area is 107 Å². The summed E-state index contributed by atoms with van der Waals surface area (Å²) in [4.78, 5) is 7.18. The van der Waals surface area contributed by atoms with Crippen LogP contribution >= 0.6 is 0 Å². The highest BCUT2D eigenvalue weighted by Crippen LogP contribution is 2.27. The van der Waals surface area contributed by atoms with Crippen LogP contribution in [0.5, 0.6) is 0 Å². The van der Waals surface area contributed by atoms with E-state index in [-0.39, 0.29) is 5.95 Å². The number of hydrogen-bond donors (Lipinski definition) is 1. The van der Waals surface area contributed by atoms with Gasteiger partial charge in [0.25, 0.3) is 0 Å². The predicted molar refractivity (Wildman–Crippen MR) is 62.3 cm³/mol. The molecule has 0 saturated carbocycles. The molecular weight excluding hydrogens is 259 g/mol. The molecular formula is C11H12F3N5. The summed E-state index contributed by atoms with van der Waals surface area (Å²) in [5, 5.41) is 6.89. The highest BCUT2D eigenvalue weighted by molar-refractivity contribution is 5.29. The molecule has 0 saturated heterocycles. The molecule has 2 heterocycles. The van der Waals surface area contributed by atoms with Gasteiger partial charge in [0, 0.05) is 31.5 Å². The Hall–Kier alpha value is -2.12. The minimum Gasteiger partial charge on any atom is -0.350 e. The summed E-state index contributed by atoms with van der Waals surface area (Å²) in [7, 11) is 1.78. The van der Waals surface area contributed by atoms with E-state index in [0.717, 1.165) is 23.5 Å². The second-order valence-electron chi connectivity index (χ2n) is 4.03. The number of aryl methyl sites for hydroxylation is 2. The van der Waals surface area contributed by atoms with Gasteiger partial charge in [0.15, 0.2) is 0 Å². The van der Waals surface area contributed by atoms with Gasteiger partial charge in [-0.25, -0.2) is 9.97 Å². The zero-order chi connectivity index (χ0) is 14.0. The Balaban J connectivity index is 2.10. The summed E-state index contributed by atoms with van der Waals surface area (Å²) in [6.45, 7) is 2.14. The lowest BCUT2D eigenvalue weighted by Crippen LogP contribution is -2.11. The van der Waals surface area contributed by atoms with Gasteiger partial charge in [-0.15, -0.1) is 0 Å². The fourth-order valence-corrected chi connectivity index (χ4v) is 1.60. The van der Waals surface area contributed by atoms with Crippen LogP contribution in [0.3, 0.4) is 0 Å². The Bertz CT molecular complexity index is 576. The van der Waals surface area contributed by atoms with E-state index in [1.54, 1.807) is 17.9 Å². The first-order valence-corrected chi connectivity index (χ1v) is 5.49. The van der Waals surface area contributed by atoms with Gasteiger partial charge in [-0.3, -0.25) is 4.68 Å². The minimum absolute atomic E-state index is 0.0573. The molecule has 0 aliphatic rings. The lowest BCUT2D eigenvalue weighted by atomic mass is 10.3. The summed E-state index contributed by atoms with van der Waals surface area (Å²) in [6, 6.07) is 0.834. The van der Waals surface area contributed by atoms with E-state index in [0.29, 0.717) is 6.54 Å². The molecule has 0 spiro atoms. The molecule has 102 valence electrons. The number of anilines is 1. The molecule has 0 aliphatic heterocycles. The molecule has 0 amide bonds. The van der Waals surface area contributed by atoms with Crippen molar-refractivity contribution in [3.8, 4) is 0 Å². The highest BCUT2D eigenvalue weighted by Gasteiger charge is 2.32. The van der Waals surface area contributed by atoms with Gasteiger partial charge in [-0.1, -0.05) is 0 Å². The van der Waals surface area contributed by atoms with Crippen molar-refractivity contribution in [1.29, 1.82) is 0 Å². The number of alkyl halides is 3. The van der Waals surface area contributed by atoms with Crippen LogP contribution in [-0.2, 0) is 19.8 Å². The quantitative estimate of drug-likeness (QED) is 0.929. The summed E-state index contributed by atoms with van der Waals surface area (Å²) >= 11 is 0. The smallest absolute Gasteiger partial charge is 0.350 e. The first kappa shape index (κ1) is 13.3. The van der Waals surface area contributed by atoms with E-state index < -0.39 is 11.9 Å². The van der Waals surface area contributed by atoms with E-state index in [2.05, 4.69) is 20.4 Å². The fourth-order valence-electron chi connectivity index (χ4n) is 1.60. The van der Waals surface area contributed by atoms with Crippen molar-refractivity contribution in [2.45, 2.75) is 19.6 Å². The van der Waals surface area contributed by atoms with Gasteiger partial charge < -0.3 is 5.32 Å². The molecule has 0 fully saturated rings. The fraction of sp³-hybridized carbons (Fsp3) is 0.364. The van der Waals surface area contributed by atoms with E-state index in [9.17, 15) is 13.2 Å². The van der Waals surface area contributed by atoms with Gasteiger partial charge in [0.2, 0.25) is 5.95 Å². The molecule has 0 unspecified atom stereocenters. The molecule has 8 heteroatoms. The predicted octanol–water partition coefficient (Wildman–Crippen LogP) is 2.15. The van der Waals surface area contributed by atoms with E-state index in [1.165, 1.54) is 0 Å². The lowest BCUT2D eigenvalue weighted by molar-refractivity contribution is -0.141. The third-order valence-electron chi connectivity index (χ3n) is 2.50. The maximum Gasteiger partial charge on any atom is 0.433 e. The van der Waals surface area contributed by atoms with Gasteiger partial charge in [-0.05, 0) is 13.0 Å². The summed E-state index contributed by atoms with van der Waals surface area (Å²) in [6.07, 6.45) is -1.60. The molecule has 2 aromatic heterocycles. The zero-order valence-corrected chi connectivity index (χ0v) is 10.4. The molecule has 2 rings (SSSR count). The monoisotopic (exact) mass is 271 g/mol. The van der Waals surface area contributed by atoms with Crippen LogP contribution in [0.25, 0.3) is 0 Å². The molecule has 1 N–H and O–H groups in total. The first-order chi connectivity index (χ1) is 8.86. The first-order valence-electron chi connectivity index (χ1n) is 5.49. The van der Waals surface area contributed by atoms with Crippen molar-refractivity contribution in [2.24, 2.45) is 7.05 Å². The number of halogens is 3. The molecule has 19 heavy (non-hydrogen) atoms. The maximum atomic E-state index is 12.5. The zero-order valence-electron chi connectivity index (χ0n) is 10.4. The van der Waals surface area contributed by atoms with Crippen LogP contribution in [0.2, 0.25) is 0 Å². The lowest BCUT2D eigenvalue weighted by Gasteiger charge is -2.08. The number of hydrogen-bond acceptors (Lipinski definition) is 4. The third kappa shape index (κ3) is 3.21. The van der Waals surface area contributed by atoms with Crippen LogP contribution in [0.4, 0.5) is 19.1 Å². The van der Waals surface area contributed by atoms with Crippen molar-refractivity contribution in [2.75, 3.05) is 5.32 Å². The molecule has 0 aliphatic carbocycles. The summed E-state index contributed by atoms with van der Waals surface area (Å²) in [5.74, 6) is -0.0573. The summed E-state index contributed by atoms with van der Waals surface area (Å²) < 4.78 is 39.0. The third-order valence-corrected chi connectivity index (χ3v) is 2.50. The van der Waals surface area contributed by atoms with Crippen molar-refractivity contribution in [1.82, 2.24) is 19.7 Å². The number of aromatic nitrogens is 4. The minimum atomic E-state index is -4.47. The molecule has 0 atom stereocenters.